The Morgan fingerprint density at radius 3 is 1.46 bits per heavy atom. The van der Waals surface area contributed by atoms with Gasteiger partial charge in [-0.15, -0.1) is 0 Å². The normalized spacial score (nSPS) is 27.1. The van der Waals surface area contributed by atoms with Gasteiger partial charge >= 0.3 is 0 Å². The Morgan fingerprint density at radius 2 is 0.829 bits per heavy atom. The molecule has 0 aromatic heterocycles. The molecule has 2 fully saturated rings. The molecule has 4 unspecified atom stereocenters. The molecule has 41 heavy (non-hydrogen) atoms. The van der Waals surface area contributed by atoms with Gasteiger partial charge in [0.1, 0.15) is 0 Å². The highest BCUT2D eigenvalue weighted by molar-refractivity contribution is 8.34. The molecule has 1 heteroatoms. The van der Waals surface area contributed by atoms with Crippen molar-refractivity contribution in [1.82, 2.24) is 0 Å². The van der Waals surface area contributed by atoms with Crippen molar-refractivity contribution in [3.05, 3.63) is 115 Å². The van der Waals surface area contributed by atoms with Crippen LogP contribution in [-0.2, 0) is 0 Å². The fourth-order valence-corrected chi connectivity index (χ4v) is 13.9. The molecule has 0 spiro atoms. The largest absolute Gasteiger partial charge is 0.157 e. The van der Waals surface area contributed by atoms with E-state index in [1.807, 2.05) is 0 Å². The molecule has 0 bridgehead atoms. The minimum atomic E-state index is -1.52. The summed E-state index contributed by atoms with van der Waals surface area (Å²) in [5.41, 5.74) is 1.67. The van der Waals surface area contributed by atoms with Gasteiger partial charge in [-0.25, -0.2) is 0 Å². The lowest BCUT2D eigenvalue weighted by Gasteiger charge is -2.51. The molecule has 0 radical (unpaired) electrons. The zero-order valence-electron chi connectivity index (χ0n) is 25.0. The Kier molecular flexibility index (Phi) is 9.84. The molecular weight excluding hydrogens is 513 g/mol. The third kappa shape index (κ3) is 6.03. The van der Waals surface area contributed by atoms with Gasteiger partial charge < -0.3 is 0 Å². The molecule has 6 rings (SSSR count). The first-order valence-electron chi connectivity index (χ1n) is 16.8. The molecule has 1 aliphatic heterocycles. The number of benzene rings is 2. The van der Waals surface area contributed by atoms with Crippen molar-refractivity contribution < 1.29 is 0 Å². The van der Waals surface area contributed by atoms with Crippen LogP contribution in [0.4, 0.5) is 0 Å². The summed E-state index contributed by atoms with van der Waals surface area (Å²) in [6.07, 6.45) is 19.6. The van der Waals surface area contributed by atoms with Crippen LogP contribution >= 0.6 is 10.0 Å². The van der Waals surface area contributed by atoms with Crippen molar-refractivity contribution in [3.63, 3.8) is 0 Å². The van der Waals surface area contributed by atoms with Gasteiger partial charge in [0.05, 0.1) is 0 Å². The summed E-state index contributed by atoms with van der Waals surface area (Å²) in [6, 6.07) is 42.5. The number of hydrogen-bond acceptors (Lipinski definition) is 0. The van der Waals surface area contributed by atoms with Crippen molar-refractivity contribution in [1.29, 1.82) is 0 Å². The summed E-state index contributed by atoms with van der Waals surface area (Å²) in [5.74, 6) is 2.21. The monoisotopic (exact) mass is 562 g/mol. The predicted molar refractivity (Wildman–Crippen MR) is 177 cm³/mol. The molecule has 3 aromatic rings. The first-order valence-corrected chi connectivity index (χ1v) is 18.4. The molecule has 2 aliphatic carbocycles. The van der Waals surface area contributed by atoms with Crippen molar-refractivity contribution >= 4 is 10.0 Å². The second kappa shape index (κ2) is 14.1. The van der Waals surface area contributed by atoms with E-state index in [1.54, 1.807) is 20.2 Å². The average Bonchev–Trinajstić information content (AvgIpc) is 3.17. The van der Waals surface area contributed by atoms with Crippen LogP contribution < -0.4 is 0 Å². The predicted octanol–water partition coefficient (Wildman–Crippen LogP) is 12.3. The van der Waals surface area contributed by atoms with Crippen molar-refractivity contribution in [2.75, 3.05) is 0 Å². The van der Waals surface area contributed by atoms with Crippen LogP contribution in [0.1, 0.15) is 101 Å². The SMILES string of the molecule is c1ccccc2c(ccc1)C1CCCCCCCC1C1CCCCCCCC1S2(c1ccccc1)c1ccccc1. The first kappa shape index (κ1) is 28.6. The fourth-order valence-electron chi connectivity index (χ4n) is 8.68. The highest BCUT2D eigenvalue weighted by atomic mass is 32.3. The zero-order valence-corrected chi connectivity index (χ0v) is 25.8. The average molecular weight is 563 g/mol. The fraction of sp³-hybridized carbons (Fsp3) is 0.450. The molecule has 1 heterocycles. The van der Waals surface area contributed by atoms with Crippen molar-refractivity contribution in [3.8, 4) is 0 Å². The Hall–Kier alpha value is -2.51. The van der Waals surface area contributed by atoms with E-state index < -0.39 is 10.0 Å². The maximum absolute atomic E-state index is 2.59. The third-order valence-electron chi connectivity index (χ3n) is 10.4. The van der Waals surface area contributed by atoms with Gasteiger partial charge in [-0.3, -0.25) is 0 Å². The maximum atomic E-state index is 2.59. The molecule has 3 aromatic carbocycles. The molecule has 0 amide bonds. The molecule has 216 valence electrons. The van der Waals surface area contributed by atoms with Crippen LogP contribution in [-0.4, -0.2) is 5.25 Å². The molecule has 2 saturated carbocycles. The quantitative estimate of drug-likeness (QED) is 0.291. The Bertz CT molecular complexity index is 1240. The highest BCUT2D eigenvalue weighted by Crippen LogP contribution is 2.77. The topological polar surface area (TPSA) is 0 Å². The molecule has 3 aliphatic rings. The van der Waals surface area contributed by atoms with Crippen molar-refractivity contribution in [2.45, 2.75) is 116 Å². The van der Waals surface area contributed by atoms with E-state index in [1.165, 1.54) is 89.9 Å². The smallest absolute Gasteiger partial charge is 0.00383 e. The first-order chi connectivity index (χ1) is 20.4. The number of rotatable bonds is 2. The van der Waals surface area contributed by atoms with Crippen LogP contribution in [0.3, 0.4) is 0 Å². The summed E-state index contributed by atoms with van der Waals surface area (Å²) in [4.78, 5) is 4.82. The van der Waals surface area contributed by atoms with Gasteiger partial charge in [0.2, 0.25) is 0 Å². The highest BCUT2D eigenvalue weighted by Gasteiger charge is 2.50. The van der Waals surface area contributed by atoms with Crippen LogP contribution in [0.5, 0.6) is 0 Å². The number of fused-ring (bicyclic) bond motifs is 5. The van der Waals surface area contributed by atoms with E-state index in [2.05, 4.69) is 109 Å². The van der Waals surface area contributed by atoms with E-state index in [9.17, 15) is 0 Å². The summed E-state index contributed by atoms with van der Waals surface area (Å²) >= 11 is 0. The summed E-state index contributed by atoms with van der Waals surface area (Å²) in [5, 5.41) is 0.673. The van der Waals surface area contributed by atoms with E-state index in [-0.39, 0.29) is 0 Å². The minimum absolute atomic E-state index is 0.649. The van der Waals surface area contributed by atoms with E-state index >= 15 is 0 Å². The van der Waals surface area contributed by atoms with E-state index in [0.717, 1.165) is 11.8 Å². The van der Waals surface area contributed by atoms with Gasteiger partial charge in [-0.1, -0.05) is 143 Å². The second-order valence-corrected chi connectivity index (χ2v) is 16.1. The van der Waals surface area contributed by atoms with Crippen LogP contribution in [0.2, 0.25) is 0 Å². The summed E-state index contributed by atoms with van der Waals surface area (Å²) in [7, 11) is -1.52. The lowest BCUT2D eigenvalue weighted by atomic mass is 9.70. The van der Waals surface area contributed by atoms with E-state index in [0.29, 0.717) is 11.2 Å². The van der Waals surface area contributed by atoms with Gasteiger partial charge in [-0.05, 0) is 89.1 Å². The van der Waals surface area contributed by atoms with Crippen molar-refractivity contribution in [2.24, 2.45) is 11.8 Å². The lowest BCUT2D eigenvalue weighted by molar-refractivity contribution is 0.225. The van der Waals surface area contributed by atoms with Crippen LogP contribution in [0, 0.1) is 11.8 Å². The lowest BCUT2D eigenvalue weighted by Crippen LogP contribution is -2.33. The summed E-state index contributed by atoms with van der Waals surface area (Å²) in [6.45, 7) is 0. The Balaban J connectivity index is 1.75. The Labute approximate surface area is 251 Å². The zero-order chi connectivity index (χ0) is 27.7. The van der Waals surface area contributed by atoms with Gasteiger partial charge in [0, 0.05) is 10.1 Å². The van der Waals surface area contributed by atoms with Crippen LogP contribution in [0.15, 0.2) is 124 Å². The Morgan fingerprint density at radius 1 is 0.390 bits per heavy atom. The number of hydrogen-bond donors (Lipinski definition) is 0. The molecular formula is C40H50S. The summed E-state index contributed by atoms with van der Waals surface area (Å²) < 4.78 is 0. The second-order valence-electron chi connectivity index (χ2n) is 12.8. The molecule has 0 saturated heterocycles. The van der Waals surface area contributed by atoms with E-state index in [4.69, 9.17) is 0 Å². The molecule has 4 atom stereocenters. The third-order valence-corrected chi connectivity index (χ3v) is 15.0. The standard InChI is InChI=1S/C40H50S/c1-2-9-21-31-39-37(29-19-5-1)35-27-17-6-3-7-18-28-36(35)38-30-20-8-4-10-22-32-40(38)41(39,33-23-13-11-14-24-33)34-25-15-12-16-26-34/h1-2,5,9,11-16,19,21,23-26,29,31,35-36,38,40H,3-4,6-8,10,17-18,20,22,27-28,30,32H2. The minimum Gasteiger partial charge on any atom is -0.157 e. The van der Waals surface area contributed by atoms with Gasteiger partial charge in [0.25, 0.3) is 0 Å². The molecule has 0 nitrogen and oxygen atoms in total. The van der Waals surface area contributed by atoms with Gasteiger partial charge in [0.15, 0.2) is 0 Å². The molecule has 0 N–H and O–H groups in total. The maximum Gasteiger partial charge on any atom is 0.00383 e. The van der Waals surface area contributed by atoms with Crippen LogP contribution in [0.25, 0.3) is 0 Å². The van der Waals surface area contributed by atoms with Gasteiger partial charge in [-0.2, -0.15) is 10.0 Å².